The molecule has 0 fully saturated rings. The number of nitrogen functional groups attached to an aromatic ring is 1. The van der Waals surface area contributed by atoms with Gasteiger partial charge in [-0.05, 0) is 118 Å². The molecule has 15 aromatic rings. The van der Waals surface area contributed by atoms with Crippen molar-refractivity contribution in [2.45, 2.75) is 87.8 Å². The van der Waals surface area contributed by atoms with Crippen LogP contribution in [0.1, 0.15) is 58.2 Å². The number of nitrogens with zero attached hydrogens (tertiary/aromatic N) is 20. The van der Waals surface area contributed by atoms with Gasteiger partial charge in [0.15, 0.2) is 32.9 Å². The highest BCUT2D eigenvalue weighted by atomic mass is 79.9. The number of nitrogens with two attached hydrogens (primary N) is 1. The van der Waals surface area contributed by atoms with Crippen molar-refractivity contribution in [3.05, 3.63) is 242 Å². The van der Waals surface area contributed by atoms with Crippen molar-refractivity contribution in [1.29, 1.82) is 0 Å². The Morgan fingerprint density at radius 1 is 0.450 bits per heavy atom. The van der Waals surface area contributed by atoms with E-state index < -0.39 is 33.2 Å². The monoisotopic (exact) mass is 1800 g/mol. The van der Waals surface area contributed by atoms with E-state index in [-0.39, 0.29) is 18.2 Å². The number of fused-ring (bicyclic) bond motifs is 4. The lowest BCUT2D eigenvalue weighted by Gasteiger charge is -2.28. The molecule has 11 heterocycles. The molecule has 111 heavy (non-hydrogen) atoms. The van der Waals surface area contributed by atoms with Gasteiger partial charge in [0.2, 0.25) is 15.0 Å². The molecular weight excluding hydrogens is 1730 g/mol. The zero-order chi connectivity index (χ0) is 78.7. The van der Waals surface area contributed by atoms with Crippen LogP contribution in [0.5, 0.6) is 0 Å². The average molecular weight is 1800 g/mol. The van der Waals surface area contributed by atoms with Gasteiger partial charge >= 0.3 is 12.2 Å². The predicted octanol–water partition coefficient (Wildman–Crippen LogP) is 16.9. The maximum Gasteiger partial charge on any atom is 0.416 e. The molecule has 28 nitrogen and oxygen atoms in total. The highest BCUT2D eigenvalue weighted by Gasteiger charge is 2.30. The molecular formula is C76H70Br4N22O6S3. The molecule has 0 unspecified atom stereocenters. The van der Waals surface area contributed by atoms with E-state index >= 15 is 0 Å². The van der Waals surface area contributed by atoms with Gasteiger partial charge in [-0.1, -0.05) is 145 Å². The Kier molecular flexibility index (Phi) is 25.3. The van der Waals surface area contributed by atoms with E-state index in [9.17, 15) is 18.0 Å². The van der Waals surface area contributed by atoms with Gasteiger partial charge in [0.25, 0.3) is 0 Å². The Balaban J connectivity index is 0.000000141. The molecule has 566 valence electrons. The van der Waals surface area contributed by atoms with Crippen LogP contribution in [0.3, 0.4) is 0 Å². The number of amides is 2. The Morgan fingerprint density at radius 3 is 1.13 bits per heavy atom. The third-order valence-corrected chi connectivity index (χ3v) is 19.9. The van der Waals surface area contributed by atoms with Gasteiger partial charge in [-0.3, -0.25) is 9.80 Å². The summed E-state index contributed by atoms with van der Waals surface area (Å²) < 4.78 is 44.5. The number of carbonyl (C=O) groups is 2. The van der Waals surface area contributed by atoms with Gasteiger partial charge in [-0.15, -0.1) is 0 Å². The topological polar surface area (TPSA) is 329 Å². The second-order valence-corrected chi connectivity index (χ2v) is 33.1. The number of halogens is 4. The Hall–Kier alpha value is -10.7. The van der Waals surface area contributed by atoms with Crippen molar-refractivity contribution in [1.82, 2.24) is 88.3 Å². The maximum absolute atomic E-state index is 13.4. The first-order valence-electron chi connectivity index (χ1n) is 33.8. The molecule has 3 N–H and O–H groups in total. The summed E-state index contributed by atoms with van der Waals surface area (Å²) in [4.78, 5) is 73.6. The Labute approximate surface area is 680 Å². The molecule has 0 atom stereocenters. The number of hydrogen-bond acceptors (Lipinski definition) is 24. The zero-order valence-electron chi connectivity index (χ0n) is 61.0. The average Bonchev–Trinajstić information content (AvgIpc) is 1.76. The lowest BCUT2D eigenvalue weighted by molar-refractivity contribution is 0.0564. The third-order valence-electron chi connectivity index (χ3n) is 15.7. The van der Waals surface area contributed by atoms with Crippen molar-refractivity contribution in [2.24, 2.45) is 0 Å². The van der Waals surface area contributed by atoms with Crippen LogP contribution in [0.4, 0.5) is 32.9 Å². The molecule has 0 aliphatic heterocycles. The van der Waals surface area contributed by atoms with Gasteiger partial charge in [0, 0.05) is 113 Å². The first-order valence-corrected chi connectivity index (χ1v) is 41.3. The second-order valence-electron chi connectivity index (χ2n) is 26.3. The van der Waals surface area contributed by atoms with Crippen molar-refractivity contribution in [2.75, 3.05) is 39.6 Å². The number of rotatable bonds is 16. The fourth-order valence-corrected chi connectivity index (χ4v) is 13.1. The molecule has 0 aliphatic rings. The molecule has 0 saturated heterocycles. The number of hydrogen-bond donors (Lipinski definition) is 2. The molecule has 0 bridgehead atoms. The van der Waals surface area contributed by atoms with Gasteiger partial charge in [0.05, 0.1) is 78.5 Å². The summed E-state index contributed by atoms with van der Waals surface area (Å²) in [6, 6.07) is 46.8. The molecule has 0 radical (unpaired) electrons. The van der Waals surface area contributed by atoms with Crippen LogP contribution in [-0.2, 0) is 38.9 Å². The normalized spacial score (nSPS) is 11.5. The summed E-state index contributed by atoms with van der Waals surface area (Å²) in [7, 11) is -3.56. The third kappa shape index (κ3) is 20.1. The molecule has 4 aromatic carbocycles. The smallest absolute Gasteiger partial charge is 0.416 e. The summed E-state index contributed by atoms with van der Waals surface area (Å²) in [5, 5.41) is 21.9. The molecule has 2 amide bonds. The fourth-order valence-electron chi connectivity index (χ4n) is 10.6. The summed E-state index contributed by atoms with van der Waals surface area (Å²) in [6.45, 7) is 11.6. The predicted molar refractivity (Wildman–Crippen MR) is 444 cm³/mol. The maximum atomic E-state index is 13.4. The van der Waals surface area contributed by atoms with Crippen LogP contribution in [0.15, 0.2) is 241 Å². The van der Waals surface area contributed by atoms with Crippen LogP contribution in [0, 0.1) is 0 Å². The number of nitrogens with one attached hydrogen (secondary N) is 1. The van der Waals surface area contributed by atoms with Gasteiger partial charge in [-0.25, -0.2) is 67.8 Å². The molecule has 0 saturated carbocycles. The SMILES string of the molecule is CC(C)(C)OC(=O)N(Cc1cnc(S(C)(=O)=O)nc1)c1cc(-c2ccccc2)nc2c(Br)cnn12.CSc1ncc(CN(C(=O)OC(C)(C)C)c2cc(-c3ccccc3)nc3c(Br)cnn23)cn1.CSc1ncc(CNc2cc(-c3ccccc3)nc3c(Br)cnn23)cn1.Nc1cc(-c2ccccc2)nc2c(Br)cnn12. The fraction of sp³-hybridized carbons (Fsp3) is 0.184. The first-order chi connectivity index (χ1) is 53.2. The number of aromatic nitrogens is 18. The molecule has 0 aliphatic carbocycles. The standard InChI is InChI=1S/C23H23BrN6O4S.C23H23BrN6O2S.C18H15BrN6S.C12H9BrN4/c1-23(2,3)34-22(31)29(14-15-11-25-21(26-12-15)35(4,32)33)19-10-18(16-8-6-5-7-9-16)28-20-17(24)13-27-30(19)20;1-23(2,3)32-22(31)29(14-15-11-25-21(33-4)26-12-15)19-10-18(16-8-6-5-7-9-16)28-20-17(24)13-27-30(19)20;1-26-18-21-9-12(10-22-18)8-20-16-7-15(13-5-3-2-4-6-13)24-17-14(19)11-23-25(16)17;13-9-7-15-17-11(14)6-10(16-12(9)17)8-4-2-1-3-5-8/h5-13H,14H2,1-4H3;5-13H,14H2,1-4H3;2-7,9-11,20H,8H2,1H3;1-7H,14H2. The number of anilines is 4. The number of ether oxygens (including phenoxy) is 2. The van der Waals surface area contributed by atoms with Crippen molar-refractivity contribution in [3.8, 4) is 45.0 Å². The second kappa shape index (κ2) is 35.1. The van der Waals surface area contributed by atoms with Gasteiger partial charge in [0.1, 0.15) is 34.5 Å². The van der Waals surface area contributed by atoms with Crippen LogP contribution in [-0.4, -0.2) is 139 Å². The lowest BCUT2D eigenvalue weighted by Crippen LogP contribution is -2.37. The number of sulfone groups is 1. The highest BCUT2D eigenvalue weighted by molar-refractivity contribution is 9.11. The van der Waals surface area contributed by atoms with Crippen molar-refractivity contribution >= 4 is 155 Å². The molecule has 0 spiro atoms. The number of thioether (sulfide) groups is 2. The van der Waals surface area contributed by atoms with Crippen LogP contribution >= 0.6 is 87.2 Å². The molecule has 11 aromatic heterocycles. The van der Waals surface area contributed by atoms with E-state index in [2.05, 4.69) is 124 Å². The van der Waals surface area contributed by atoms with Crippen molar-refractivity contribution < 1.29 is 27.5 Å². The molecule has 35 heteroatoms. The summed E-state index contributed by atoms with van der Waals surface area (Å²) in [5.41, 5.74) is 16.3. The minimum atomic E-state index is -3.56. The van der Waals surface area contributed by atoms with E-state index in [1.807, 2.05) is 185 Å². The quantitative estimate of drug-likeness (QED) is 0.0670. The van der Waals surface area contributed by atoms with Crippen LogP contribution in [0.2, 0.25) is 0 Å². The van der Waals surface area contributed by atoms with E-state index in [1.165, 1.54) is 50.2 Å². The van der Waals surface area contributed by atoms with Gasteiger partial charge in [-0.2, -0.15) is 38.5 Å². The Morgan fingerprint density at radius 2 is 0.766 bits per heavy atom. The minimum absolute atomic E-state index is 0.00375. The van der Waals surface area contributed by atoms with Crippen molar-refractivity contribution in [3.63, 3.8) is 0 Å². The van der Waals surface area contributed by atoms with E-state index in [0.717, 1.165) is 86.7 Å². The largest absolute Gasteiger partial charge is 0.443 e. The highest BCUT2D eigenvalue weighted by Crippen LogP contribution is 2.34. The molecule has 15 rings (SSSR count). The van der Waals surface area contributed by atoms with Crippen LogP contribution in [0.25, 0.3) is 67.6 Å². The van der Waals surface area contributed by atoms with Gasteiger partial charge < -0.3 is 20.5 Å². The number of carbonyl (C=O) groups excluding carboxylic acids is 2. The Bertz CT molecular complexity index is 5890. The zero-order valence-corrected chi connectivity index (χ0v) is 69.8. The van der Waals surface area contributed by atoms with E-state index in [1.54, 1.807) is 77.6 Å². The lowest BCUT2D eigenvalue weighted by atomic mass is 10.1. The summed E-state index contributed by atoms with van der Waals surface area (Å²) >= 11 is 16.9. The summed E-state index contributed by atoms with van der Waals surface area (Å²) in [6.07, 6.45) is 20.3. The number of benzene rings is 4. The minimum Gasteiger partial charge on any atom is -0.443 e. The summed E-state index contributed by atoms with van der Waals surface area (Å²) in [5.74, 6) is 2.35. The first kappa shape index (κ1) is 79.8. The van der Waals surface area contributed by atoms with Crippen LogP contribution < -0.4 is 20.9 Å². The van der Waals surface area contributed by atoms with E-state index in [0.29, 0.717) is 61.9 Å². The van der Waals surface area contributed by atoms with E-state index in [4.69, 9.17) is 30.2 Å².